The maximum absolute atomic E-state index is 12.4. The molecule has 20 heavy (non-hydrogen) atoms. The maximum Gasteiger partial charge on any atom is 0.401 e. The Morgan fingerprint density at radius 3 is 2.55 bits per heavy atom. The molecule has 1 aromatic rings. The van der Waals surface area contributed by atoms with Crippen LogP contribution in [0, 0.1) is 0 Å². The number of alkyl halides is 3. The monoisotopic (exact) mass is 289 g/mol. The highest BCUT2D eigenvalue weighted by atomic mass is 19.4. The first-order valence-corrected chi connectivity index (χ1v) is 6.13. The molecule has 0 radical (unpaired) electrons. The third kappa shape index (κ3) is 5.92. The third-order valence-electron chi connectivity index (χ3n) is 2.63. The number of nitrogens with two attached hydrogens (primary N) is 1. The van der Waals surface area contributed by atoms with Crippen LogP contribution in [-0.4, -0.2) is 36.1 Å². The van der Waals surface area contributed by atoms with Crippen molar-refractivity contribution < 1.29 is 18.0 Å². The topological polar surface area (TPSA) is 58.4 Å². The fourth-order valence-electron chi connectivity index (χ4n) is 1.65. The fraction of sp³-hybridized carbons (Fsp3) is 0.462. The van der Waals surface area contributed by atoms with Gasteiger partial charge in [0.1, 0.15) is 0 Å². The zero-order valence-corrected chi connectivity index (χ0v) is 11.4. The van der Waals surface area contributed by atoms with E-state index in [-0.39, 0.29) is 12.6 Å². The number of anilines is 2. The third-order valence-corrected chi connectivity index (χ3v) is 2.63. The van der Waals surface area contributed by atoms with Crippen molar-refractivity contribution in [2.75, 3.05) is 24.1 Å². The van der Waals surface area contributed by atoms with E-state index in [2.05, 4.69) is 5.32 Å². The van der Waals surface area contributed by atoms with Crippen molar-refractivity contribution in [3.8, 4) is 0 Å². The van der Waals surface area contributed by atoms with Gasteiger partial charge in [-0.05, 0) is 32.0 Å². The summed E-state index contributed by atoms with van der Waals surface area (Å²) in [7, 11) is 0. The molecule has 0 unspecified atom stereocenters. The van der Waals surface area contributed by atoms with Crippen LogP contribution in [0.25, 0.3) is 0 Å². The van der Waals surface area contributed by atoms with Crippen LogP contribution in [0.1, 0.15) is 13.8 Å². The Morgan fingerprint density at radius 1 is 1.40 bits per heavy atom. The van der Waals surface area contributed by atoms with E-state index < -0.39 is 18.6 Å². The molecule has 3 N–H and O–H groups in total. The number of nitrogens with one attached hydrogen (secondary N) is 1. The molecule has 0 aliphatic rings. The van der Waals surface area contributed by atoms with Gasteiger partial charge in [0, 0.05) is 17.4 Å². The minimum absolute atomic E-state index is 0.327. The normalized spacial score (nSPS) is 11.9. The lowest BCUT2D eigenvalue weighted by molar-refractivity contribution is -0.151. The molecular formula is C13H18F3N3O. The number of benzene rings is 1. The van der Waals surface area contributed by atoms with E-state index in [1.54, 1.807) is 38.1 Å². The average Bonchev–Trinajstić information content (AvgIpc) is 2.25. The summed E-state index contributed by atoms with van der Waals surface area (Å²) < 4.78 is 37.2. The van der Waals surface area contributed by atoms with Crippen molar-refractivity contribution in [1.82, 2.24) is 4.90 Å². The van der Waals surface area contributed by atoms with Gasteiger partial charge in [-0.1, -0.05) is 6.07 Å². The summed E-state index contributed by atoms with van der Waals surface area (Å²) in [6.45, 7) is 1.78. The Kier molecular flexibility index (Phi) is 5.38. The molecule has 4 nitrogen and oxygen atoms in total. The fourth-order valence-corrected chi connectivity index (χ4v) is 1.65. The summed E-state index contributed by atoms with van der Waals surface area (Å²) in [6, 6.07) is 6.09. The lowest BCUT2D eigenvalue weighted by atomic mass is 10.2. The maximum atomic E-state index is 12.4. The van der Waals surface area contributed by atoms with Crippen molar-refractivity contribution in [2.45, 2.75) is 26.1 Å². The summed E-state index contributed by atoms with van der Waals surface area (Å²) in [5, 5.41) is 2.53. The highest BCUT2D eigenvalue weighted by Gasteiger charge is 2.32. The zero-order chi connectivity index (χ0) is 15.3. The molecule has 0 aliphatic carbocycles. The second-order valence-electron chi connectivity index (χ2n) is 4.79. The van der Waals surface area contributed by atoms with E-state index in [0.717, 1.165) is 4.90 Å². The van der Waals surface area contributed by atoms with E-state index >= 15 is 0 Å². The van der Waals surface area contributed by atoms with E-state index in [9.17, 15) is 18.0 Å². The Balaban J connectivity index is 2.62. The van der Waals surface area contributed by atoms with Crippen LogP contribution in [0.4, 0.5) is 24.5 Å². The summed E-state index contributed by atoms with van der Waals surface area (Å²) in [4.78, 5) is 12.8. The number of carbonyl (C=O) groups is 1. The van der Waals surface area contributed by atoms with E-state index in [4.69, 9.17) is 5.73 Å². The highest BCUT2D eigenvalue weighted by Crippen LogP contribution is 2.18. The van der Waals surface area contributed by atoms with E-state index in [1.807, 2.05) is 0 Å². The highest BCUT2D eigenvalue weighted by molar-refractivity contribution is 5.92. The molecule has 112 valence electrons. The minimum Gasteiger partial charge on any atom is -0.399 e. The van der Waals surface area contributed by atoms with Crippen molar-refractivity contribution in [3.63, 3.8) is 0 Å². The van der Waals surface area contributed by atoms with E-state index in [0.29, 0.717) is 11.4 Å². The smallest absolute Gasteiger partial charge is 0.399 e. The van der Waals surface area contributed by atoms with Crippen molar-refractivity contribution in [2.24, 2.45) is 0 Å². The molecule has 0 aromatic heterocycles. The standard InChI is InChI=1S/C13H18F3N3O/c1-9(2)19(8-13(14,15)16)7-12(20)18-11-5-3-4-10(17)6-11/h3-6,9H,7-8,17H2,1-2H3,(H,18,20). The second kappa shape index (κ2) is 6.60. The predicted octanol–water partition coefficient (Wildman–Crippen LogP) is 2.48. The van der Waals surface area contributed by atoms with Crippen LogP contribution in [0.15, 0.2) is 24.3 Å². The van der Waals surface area contributed by atoms with Crippen LogP contribution in [0.3, 0.4) is 0 Å². The first-order chi connectivity index (χ1) is 9.17. The Bertz CT molecular complexity index is 460. The van der Waals surface area contributed by atoms with Gasteiger partial charge in [-0.2, -0.15) is 13.2 Å². The average molecular weight is 289 g/mol. The molecule has 1 rings (SSSR count). The number of amides is 1. The first-order valence-electron chi connectivity index (χ1n) is 6.13. The molecule has 0 saturated heterocycles. The van der Waals surface area contributed by atoms with Crippen molar-refractivity contribution >= 4 is 17.3 Å². The van der Waals surface area contributed by atoms with Crippen LogP contribution in [0.5, 0.6) is 0 Å². The van der Waals surface area contributed by atoms with Gasteiger partial charge in [-0.25, -0.2) is 0 Å². The number of nitrogens with zero attached hydrogens (tertiary/aromatic N) is 1. The summed E-state index contributed by atoms with van der Waals surface area (Å²) in [5.41, 5.74) is 6.49. The number of nitrogen functional groups attached to an aromatic ring is 1. The molecule has 1 aromatic carbocycles. The number of rotatable bonds is 5. The van der Waals surface area contributed by atoms with Crippen LogP contribution < -0.4 is 11.1 Å². The largest absolute Gasteiger partial charge is 0.401 e. The van der Waals surface area contributed by atoms with Crippen LogP contribution >= 0.6 is 0 Å². The molecule has 0 atom stereocenters. The van der Waals surface area contributed by atoms with E-state index in [1.165, 1.54) is 0 Å². The van der Waals surface area contributed by atoms with Crippen molar-refractivity contribution in [1.29, 1.82) is 0 Å². The Labute approximate surface area is 115 Å². The zero-order valence-electron chi connectivity index (χ0n) is 11.4. The van der Waals surface area contributed by atoms with Crippen LogP contribution in [-0.2, 0) is 4.79 Å². The predicted molar refractivity (Wildman–Crippen MR) is 72.2 cm³/mol. The van der Waals surface area contributed by atoms with Gasteiger partial charge in [-0.3, -0.25) is 9.69 Å². The molecule has 7 heteroatoms. The van der Waals surface area contributed by atoms with Gasteiger partial charge in [0.05, 0.1) is 13.1 Å². The van der Waals surface area contributed by atoms with Gasteiger partial charge in [0.25, 0.3) is 0 Å². The molecule has 0 fully saturated rings. The van der Waals surface area contributed by atoms with Gasteiger partial charge in [-0.15, -0.1) is 0 Å². The summed E-state index contributed by atoms with van der Waals surface area (Å²) in [5.74, 6) is -0.506. The first kappa shape index (κ1) is 16.3. The lowest BCUT2D eigenvalue weighted by Crippen LogP contribution is -2.43. The molecule has 0 aliphatic heterocycles. The Morgan fingerprint density at radius 2 is 2.05 bits per heavy atom. The number of hydrogen-bond donors (Lipinski definition) is 2. The van der Waals surface area contributed by atoms with Crippen LogP contribution in [0.2, 0.25) is 0 Å². The van der Waals surface area contributed by atoms with Gasteiger partial charge in [0.2, 0.25) is 5.91 Å². The molecule has 0 saturated carbocycles. The van der Waals surface area contributed by atoms with Crippen molar-refractivity contribution in [3.05, 3.63) is 24.3 Å². The minimum atomic E-state index is -4.33. The molecule has 1 amide bonds. The SMILES string of the molecule is CC(C)N(CC(=O)Nc1cccc(N)c1)CC(F)(F)F. The number of hydrogen-bond acceptors (Lipinski definition) is 3. The lowest BCUT2D eigenvalue weighted by Gasteiger charge is -2.26. The quantitative estimate of drug-likeness (QED) is 0.819. The summed E-state index contributed by atoms with van der Waals surface area (Å²) >= 11 is 0. The molecule has 0 heterocycles. The number of carbonyl (C=O) groups excluding carboxylic acids is 1. The summed E-state index contributed by atoms with van der Waals surface area (Å²) in [6.07, 6.45) is -4.33. The molecule has 0 bridgehead atoms. The van der Waals surface area contributed by atoms with Gasteiger partial charge >= 0.3 is 6.18 Å². The second-order valence-corrected chi connectivity index (χ2v) is 4.79. The number of halogens is 3. The molecule has 0 spiro atoms. The van der Waals surface area contributed by atoms with Gasteiger partial charge < -0.3 is 11.1 Å². The Hall–Kier alpha value is -1.76. The van der Waals surface area contributed by atoms with Gasteiger partial charge in [0.15, 0.2) is 0 Å². The molecular weight excluding hydrogens is 271 g/mol.